The number of benzene rings is 1. The highest BCUT2D eigenvalue weighted by Crippen LogP contribution is 2.03. The molecular weight excluding hydrogens is 260 g/mol. The number of hydrogen-bond acceptors (Lipinski definition) is 2. The van der Waals surface area contributed by atoms with Gasteiger partial charge < -0.3 is 10.2 Å². The van der Waals surface area contributed by atoms with Crippen molar-refractivity contribution in [2.75, 3.05) is 14.1 Å². The fourth-order valence-electron chi connectivity index (χ4n) is 1.97. The van der Waals surface area contributed by atoms with Gasteiger partial charge in [0.1, 0.15) is 0 Å². The Morgan fingerprint density at radius 2 is 1.90 bits per heavy atom. The molecule has 0 aliphatic heterocycles. The normalized spacial score (nSPS) is 11.3. The van der Waals surface area contributed by atoms with Crippen molar-refractivity contribution in [3.05, 3.63) is 65.5 Å². The summed E-state index contributed by atoms with van der Waals surface area (Å²) in [4.78, 5) is 11.0. The fourth-order valence-corrected chi connectivity index (χ4v) is 1.97. The third-order valence-electron chi connectivity index (χ3n) is 3.21. The van der Waals surface area contributed by atoms with Crippen LogP contribution < -0.4 is 5.32 Å². The molecule has 0 atom stereocenters. The van der Waals surface area contributed by atoms with Crippen LogP contribution >= 0.6 is 0 Å². The summed E-state index contributed by atoms with van der Waals surface area (Å²) >= 11 is 0. The van der Waals surface area contributed by atoms with Crippen LogP contribution in [0, 0.1) is 6.92 Å². The fraction of sp³-hybridized carbons (Fsp3) is 0.294. The molecule has 0 spiro atoms. The Morgan fingerprint density at radius 1 is 1.14 bits per heavy atom. The second kappa shape index (κ2) is 7.43. The van der Waals surface area contributed by atoms with Gasteiger partial charge in [-0.15, -0.1) is 0 Å². The van der Waals surface area contributed by atoms with E-state index < -0.39 is 0 Å². The molecule has 0 bridgehead atoms. The SMILES string of the molecule is Cc1cccnc1CNC(=NCc1ccccc1)N(C)C. The van der Waals surface area contributed by atoms with Crippen LogP contribution in [0.25, 0.3) is 0 Å². The minimum Gasteiger partial charge on any atom is -0.351 e. The van der Waals surface area contributed by atoms with E-state index in [1.807, 2.05) is 49.5 Å². The number of nitrogens with one attached hydrogen (secondary N) is 1. The molecular formula is C17H22N4. The van der Waals surface area contributed by atoms with Gasteiger partial charge in [-0.3, -0.25) is 4.98 Å². The first-order valence-corrected chi connectivity index (χ1v) is 7.07. The second-order valence-electron chi connectivity index (χ2n) is 5.14. The van der Waals surface area contributed by atoms with Crippen LogP contribution in [0.4, 0.5) is 0 Å². The number of aryl methyl sites for hydroxylation is 1. The van der Waals surface area contributed by atoms with Gasteiger partial charge in [-0.05, 0) is 24.1 Å². The minimum atomic E-state index is 0.669. The van der Waals surface area contributed by atoms with E-state index in [2.05, 4.69) is 40.4 Å². The number of rotatable bonds is 4. The molecule has 0 unspecified atom stereocenters. The molecule has 0 aliphatic carbocycles. The average molecular weight is 282 g/mol. The third kappa shape index (κ3) is 4.60. The van der Waals surface area contributed by atoms with Gasteiger partial charge in [-0.1, -0.05) is 36.4 Å². The van der Waals surface area contributed by atoms with Gasteiger partial charge >= 0.3 is 0 Å². The summed E-state index contributed by atoms with van der Waals surface area (Å²) < 4.78 is 0. The van der Waals surface area contributed by atoms with E-state index in [1.165, 1.54) is 11.1 Å². The molecule has 1 aromatic heterocycles. The first kappa shape index (κ1) is 15.0. The van der Waals surface area contributed by atoms with Crippen molar-refractivity contribution < 1.29 is 0 Å². The molecule has 0 radical (unpaired) electrons. The van der Waals surface area contributed by atoms with Gasteiger partial charge in [-0.2, -0.15) is 0 Å². The zero-order chi connectivity index (χ0) is 15.1. The number of guanidine groups is 1. The van der Waals surface area contributed by atoms with E-state index >= 15 is 0 Å². The minimum absolute atomic E-state index is 0.669. The van der Waals surface area contributed by atoms with Crippen LogP contribution in [0.1, 0.15) is 16.8 Å². The number of pyridine rings is 1. The summed E-state index contributed by atoms with van der Waals surface area (Å²) in [5, 5.41) is 3.36. The number of aliphatic imine (C=N–C) groups is 1. The lowest BCUT2D eigenvalue weighted by Crippen LogP contribution is -2.36. The van der Waals surface area contributed by atoms with E-state index in [1.54, 1.807) is 0 Å². The van der Waals surface area contributed by atoms with Crippen LogP contribution in [0.2, 0.25) is 0 Å². The Kier molecular flexibility index (Phi) is 5.32. The highest BCUT2D eigenvalue weighted by atomic mass is 15.3. The summed E-state index contributed by atoms with van der Waals surface area (Å²) in [6.07, 6.45) is 1.82. The average Bonchev–Trinajstić information content (AvgIpc) is 2.49. The number of aromatic nitrogens is 1. The van der Waals surface area contributed by atoms with E-state index in [0.29, 0.717) is 13.1 Å². The van der Waals surface area contributed by atoms with Crippen molar-refractivity contribution in [2.45, 2.75) is 20.0 Å². The molecule has 0 aliphatic rings. The van der Waals surface area contributed by atoms with Gasteiger partial charge in [-0.25, -0.2) is 4.99 Å². The lowest BCUT2D eigenvalue weighted by Gasteiger charge is -2.18. The largest absolute Gasteiger partial charge is 0.351 e. The van der Waals surface area contributed by atoms with Gasteiger partial charge in [0, 0.05) is 20.3 Å². The van der Waals surface area contributed by atoms with Gasteiger partial charge in [0.15, 0.2) is 5.96 Å². The molecule has 1 aromatic carbocycles. The zero-order valence-electron chi connectivity index (χ0n) is 12.9. The first-order chi connectivity index (χ1) is 10.2. The maximum Gasteiger partial charge on any atom is 0.194 e. The van der Waals surface area contributed by atoms with Gasteiger partial charge in [0.05, 0.1) is 18.8 Å². The van der Waals surface area contributed by atoms with Crippen LogP contribution in [-0.2, 0) is 13.1 Å². The van der Waals surface area contributed by atoms with Crippen molar-refractivity contribution in [3.63, 3.8) is 0 Å². The first-order valence-electron chi connectivity index (χ1n) is 7.07. The summed E-state index contributed by atoms with van der Waals surface area (Å²) in [6, 6.07) is 14.3. The third-order valence-corrected chi connectivity index (χ3v) is 3.21. The Morgan fingerprint density at radius 3 is 2.57 bits per heavy atom. The molecule has 110 valence electrons. The summed E-state index contributed by atoms with van der Waals surface area (Å²) in [5.74, 6) is 0.865. The molecule has 4 nitrogen and oxygen atoms in total. The standard InChI is InChI=1S/C17H22N4/c1-14-8-7-11-18-16(14)13-20-17(21(2)3)19-12-15-9-5-4-6-10-15/h4-11H,12-13H2,1-3H3,(H,19,20). The molecule has 2 aromatic rings. The number of hydrogen-bond donors (Lipinski definition) is 1. The number of nitrogens with zero attached hydrogens (tertiary/aromatic N) is 3. The molecule has 4 heteroatoms. The van der Waals surface area contributed by atoms with Crippen molar-refractivity contribution in [2.24, 2.45) is 4.99 Å². The molecule has 1 heterocycles. The van der Waals surface area contributed by atoms with Crippen LogP contribution in [0.15, 0.2) is 53.7 Å². The molecule has 2 rings (SSSR count). The van der Waals surface area contributed by atoms with Gasteiger partial charge in [0.2, 0.25) is 0 Å². The summed E-state index contributed by atoms with van der Waals surface area (Å²) in [5.41, 5.74) is 3.44. The maximum absolute atomic E-state index is 4.64. The summed E-state index contributed by atoms with van der Waals surface area (Å²) in [7, 11) is 3.98. The van der Waals surface area contributed by atoms with E-state index in [9.17, 15) is 0 Å². The molecule has 0 amide bonds. The maximum atomic E-state index is 4.64. The highest BCUT2D eigenvalue weighted by Gasteiger charge is 2.04. The van der Waals surface area contributed by atoms with E-state index in [0.717, 1.165) is 11.7 Å². The second-order valence-corrected chi connectivity index (χ2v) is 5.14. The predicted octanol–water partition coefficient (Wildman–Crippen LogP) is 2.60. The Balaban J connectivity index is 2.01. The van der Waals surface area contributed by atoms with Crippen LogP contribution in [0.3, 0.4) is 0 Å². The highest BCUT2D eigenvalue weighted by molar-refractivity contribution is 5.79. The summed E-state index contributed by atoms with van der Waals surface area (Å²) in [6.45, 7) is 3.42. The van der Waals surface area contributed by atoms with Crippen molar-refractivity contribution in [3.8, 4) is 0 Å². The molecule has 0 fully saturated rings. The van der Waals surface area contributed by atoms with Crippen LogP contribution in [0.5, 0.6) is 0 Å². The smallest absolute Gasteiger partial charge is 0.194 e. The Hall–Kier alpha value is -2.36. The molecule has 21 heavy (non-hydrogen) atoms. The van der Waals surface area contributed by atoms with Gasteiger partial charge in [0.25, 0.3) is 0 Å². The molecule has 0 saturated carbocycles. The van der Waals surface area contributed by atoms with Crippen molar-refractivity contribution in [1.82, 2.24) is 15.2 Å². The lowest BCUT2D eigenvalue weighted by molar-refractivity contribution is 0.577. The van der Waals surface area contributed by atoms with E-state index in [4.69, 9.17) is 0 Å². The Labute approximate surface area is 126 Å². The monoisotopic (exact) mass is 282 g/mol. The zero-order valence-corrected chi connectivity index (χ0v) is 12.9. The molecule has 1 N–H and O–H groups in total. The molecule has 0 saturated heterocycles. The van der Waals surface area contributed by atoms with Crippen molar-refractivity contribution >= 4 is 5.96 Å². The predicted molar refractivity (Wildman–Crippen MR) is 87.1 cm³/mol. The van der Waals surface area contributed by atoms with Crippen LogP contribution in [-0.4, -0.2) is 29.9 Å². The lowest BCUT2D eigenvalue weighted by atomic mass is 10.2. The van der Waals surface area contributed by atoms with E-state index in [-0.39, 0.29) is 0 Å². The topological polar surface area (TPSA) is 40.5 Å². The van der Waals surface area contributed by atoms with Crippen molar-refractivity contribution in [1.29, 1.82) is 0 Å². The quantitative estimate of drug-likeness (QED) is 0.692. The Bertz CT molecular complexity index is 591.